The topological polar surface area (TPSA) is 110 Å². The predicted octanol–water partition coefficient (Wildman–Crippen LogP) is 5.48. The second-order valence-corrected chi connectivity index (χ2v) is 12.7. The number of benzene rings is 2. The maximum absolute atomic E-state index is 14.0. The third-order valence-corrected chi connectivity index (χ3v) is 9.72. The van der Waals surface area contributed by atoms with Gasteiger partial charge in [0.2, 0.25) is 5.91 Å². The number of alkyl carbamates (subject to hydrolysis) is 1. The Kier molecular flexibility index (Phi) is 7.97. The van der Waals surface area contributed by atoms with Crippen molar-refractivity contribution < 1.29 is 23.9 Å². The highest BCUT2D eigenvalue weighted by Crippen LogP contribution is 2.54. The van der Waals surface area contributed by atoms with Gasteiger partial charge in [0, 0.05) is 30.1 Å². The normalized spacial score (nSPS) is 26.3. The molecule has 42 heavy (non-hydrogen) atoms. The molecule has 4 bridgehead atoms. The summed E-state index contributed by atoms with van der Waals surface area (Å²) in [7, 11) is 0. The van der Waals surface area contributed by atoms with Gasteiger partial charge in [-0.2, -0.15) is 0 Å². The molecule has 8 nitrogen and oxygen atoms in total. The quantitative estimate of drug-likeness (QED) is 0.279. The fraction of sp³-hybridized carbons (Fsp3) is 0.500. The Hall–Kier alpha value is -3.81. The smallest absolute Gasteiger partial charge is 0.408 e. The Morgan fingerprint density at radius 1 is 0.952 bits per heavy atom. The van der Waals surface area contributed by atoms with E-state index < -0.39 is 23.5 Å². The molecule has 2 aromatic carbocycles. The Labute approximate surface area is 246 Å². The molecule has 0 aliphatic heterocycles. The van der Waals surface area contributed by atoms with Crippen LogP contribution in [-0.2, 0) is 25.5 Å². The van der Waals surface area contributed by atoms with E-state index in [0.29, 0.717) is 11.8 Å². The molecule has 7 rings (SSSR count). The maximum atomic E-state index is 14.0. The summed E-state index contributed by atoms with van der Waals surface area (Å²) in [6.45, 7) is 3.77. The third kappa shape index (κ3) is 5.76. The van der Waals surface area contributed by atoms with Gasteiger partial charge in [0.05, 0.1) is 12.5 Å². The van der Waals surface area contributed by atoms with Gasteiger partial charge in [-0.15, -0.1) is 0 Å². The Balaban J connectivity index is 1.21. The lowest BCUT2D eigenvalue weighted by atomic mass is 9.55. The number of aromatic nitrogens is 1. The van der Waals surface area contributed by atoms with Crippen LogP contribution in [0.5, 0.6) is 0 Å². The number of carbonyl (C=O) groups is 3. The van der Waals surface area contributed by atoms with Crippen molar-refractivity contribution in [3.8, 4) is 0 Å². The summed E-state index contributed by atoms with van der Waals surface area (Å²) < 4.78 is 11.5. The average molecular weight is 572 g/mol. The molecule has 4 aliphatic rings. The van der Waals surface area contributed by atoms with Crippen LogP contribution in [0.1, 0.15) is 63.0 Å². The van der Waals surface area contributed by atoms with E-state index in [1.54, 1.807) is 13.8 Å². The van der Waals surface area contributed by atoms with E-state index in [1.165, 1.54) is 6.42 Å². The van der Waals surface area contributed by atoms with E-state index in [9.17, 15) is 14.4 Å². The summed E-state index contributed by atoms with van der Waals surface area (Å²) in [5.74, 6) is 0.897. The number of rotatable bonds is 10. The summed E-state index contributed by atoms with van der Waals surface area (Å²) in [4.78, 5) is 43.6. The van der Waals surface area contributed by atoms with Crippen molar-refractivity contribution in [2.45, 2.75) is 69.9 Å². The monoisotopic (exact) mass is 571 g/mol. The first-order valence-electron chi connectivity index (χ1n) is 15.4. The molecule has 1 aromatic heterocycles. The lowest BCUT2D eigenvalue weighted by molar-refractivity contribution is -0.145. The van der Waals surface area contributed by atoms with Crippen molar-refractivity contribution >= 4 is 28.9 Å². The summed E-state index contributed by atoms with van der Waals surface area (Å²) >= 11 is 0. The molecular formula is C34H41N3O5. The highest BCUT2D eigenvalue weighted by Gasteiger charge is 2.50. The number of H-pyrrole nitrogens is 1. The van der Waals surface area contributed by atoms with Crippen LogP contribution in [0, 0.1) is 23.7 Å². The molecule has 0 radical (unpaired) electrons. The molecule has 2 atom stereocenters. The van der Waals surface area contributed by atoms with E-state index in [0.717, 1.165) is 59.5 Å². The number of carbonyl (C=O) groups excluding carboxylic acids is 3. The first kappa shape index (κ1) is 28.3. The Morgan fingerprint density at radius 2 is 1.62 bits per heavy atom. The van der Waals surface area contributed by atoms with Gasteiger partial charge < -0.3 is 25.1 Å². The molecule has 3 aromatic rings. The number of para-hydroxylation sites is 1. The van der Waals surface area contributed by atoms with Gasteiger partial charge in [-0.05, 0) is 86.8 Å². The zero-order valence-corrected chi connectivity index (χ0v) is 24.4. The number of nitrogens with one attached hydrogen (secondary N) is 3. The average Bonchev–Trinajstić information content (AvgIpc) is 3.37. The molecule has 0 saturated heterocycles. The van der Waals surface area contributed by atoms with E-state index in [4.69, 9.17) is 9.47 Å². The first-order chi connectivity index (χ1) is 20.3. The van der Waals surface area contributed by atoms with Crippen LogP contribution in [0.2, 0.25) is 0 Å². The highest BCUT2D eigenvalue weighted by molar-refractivity contribution is 5.92. The van der Waals surface area contributed by atoms with Crippen molar-refractivity contribution in [1.82, 2.24) is 15.6 Å². The standard InChI is InChI=1S/C34H41N3O5/c1-3-41-31(38)28(23-9-5-4-6-10-23)20-36-32(39)34(2,18-26-19-35-29-12-8-7-11-27(26)29)37-33(40)42-30-24-14-21-13-22(16-24)17-25(30)15-21/h4-12,19,21-22,24-25,28,30,35H,3,13-18,20H2,1-2H3,(H,36,39)(H,37,40)/t21?,22?,24?,25?,28-,30?,34+/m0/s1. The Bertz CT molecular complexity index is 1410. The zero-order valence-electron chi connectivity index (χ0n) is 24.4. The van der Waals surface area contributed by atoms with Crippen LogP contribution in [0.15, 0.2) is 60.8 Å². The molecule has 2 amide bonds. The second kappa shape index (κ2) is 11.8. The van der Waals surface area contributed by atoms with Gasteiger partial charge in [0.1, 0.15) is 11.6 Å². The van der Waals surface area contributed by atoms with Gasteiger partial charge in [0.25, 0.3) is 0 Å². The van der Waals surface area contributed by atoms with Crippen molar-refractivity contribution in [3.63, 3.8) is 0 Å². The molecule has 0 spiro atoms. The van der Waals surface area contributed by atoms with Crippen LogP contribution in [0.3, 0.4) is 0 Å². The molecular weight excluding hydrogens is 530 g/mol. The maximum Gasteiger partial charge on any atom is 0.408 e. The number of fused-ring (bicyclic) bond motifs is 1. The summed E-state index contributed by atoms with van der Waals surface area (Å²) in [6.07, 6.45) is 7.32. The van der Waals surface area contributed by atoms with Crippen LogP contribution in [0.4, 0.5) is 4.79 Å². The summed E-state index contributed by atoms with van der Waals surface area (Å²) in [5, 5.41) is 6.92. The van der Waals surface area contributed by atoms with Crippen molar-refractivity contribution in [3.05, 3.63) is 71.9 Å². The predicted molar refractivity (Wildman–Crippen MR) is 160 cm³/mol. The van der Waals surface area contributed by atoms with Gasteiger partial charge >= 0.3 is 12.1 Å². The molecule has 1 heterocycles. The minimum Gasteiger partial charge on any atom is -0.465 e. The van der Waals surface area contributed by atoms with Gasteiger partial charge in [0.15, 0.2) is 0 Å². The van der Waals surface area contributed by atoms with Gasteiger partial charge in [-0.3, -0.25) is 9.59 Å². The number of amides is 2. The van der Waals surface area contributed by atoms with Crippen LogP contribution in [0.25, 0.3) is 10.9 Å². The van der Waals surface area contributed by atoms with E-state index >= 15 is 0 Å². The SMILES string of the molecule is CCOC(=O)[C@@H](CNC(=O)[C@@](C)(Cc1c[nH]c2ccccc12)NC(=O)OC1C2CC3CC(C2)CC1C3)c1ccccc1. The van der Waals surface area contributed by atoms with Crippen LogP contribution in [-0.4, -0.2) is 47.7 Å². The summed E-state index contributed by atoms with van der Waals surface area (Å²) in [6, 6.07) is 17.2. The largest absolute Gasteiger partial charge is 0.465 e. The van der Waals surface area contributed by atoms with E-state index in [2.05, 4.69) is 15.6 Å². The summed E-state index contributed by atoms with van der Waals surface area (Å²) in [5.41, 5.74) is 1.29. The van der Waals surface area contributed by atoms with E-state index in [-0.39, 0.29) is 31.6 Å². The van der Waals surface area contributed by atoms with Gasteiger partial charge in [-0.25, -0.2) is 4.79 Å². The highest BCUT2D eigenvalue weighted by atomic mass is 16.6. The number of ether oxygens (including phenoxy) is 2. The molecule has 222 valence electrons. The van der Waals surface area contributed by atoms with Crippen molar-refractivity contribution in [2.75, 3.05) is 13.2 Å². The van der Waals surface area contributed by atoms with Gasteiger partial charge in [-0.1, -0.05) is 48.5 Å². The molecule has 3 N–H and O–H groups in total. The van der Waals surface area contributed by atoms with Crippen molar-refractivity contribution in [2.24, 2.45) is 23.7 Å². The number of aromatic amines is 1. The number of hydrogen-bond donors (Lipinski definition) is 3. The lowest BCUT2D eigenvalue weighted by Gasteiger charge is -2.53. The molecule has 8 heteroatoms. The molecule has 4 saturated carbocycles. The zero-order chi connectivity index (χ0) is 29.3. The van der Waals surface area contributed by atoms with Crippen molar-refractivity contribution in [1.29, 1.82) is 0 Å². The number of esters is 1. The van der Waals surface area contributed by atoms with Crippen LogP contribution >= 0.6 is 0 Å². The lowest BCUT2D eigenvalue weighted by Crippen LogP contribution is -2.60. The fourth-order valence-corrected chi connectivity index (χ4v) is 7.94. The molecule has 4 aliphatic carbocycles. The van der Waals surface area contributed by atoms with Crippen LogP contribution < -0.4 is 10.6 Å². The molecule has 0 unspecified atom stereocenters. The third-order valence-electron chi connectivity index (χ3n) is 9.72. The van der Waals surface area contributed by atoms with E-state index in [1.807, 2.05) is 60.8 Å². The molecule has 4 fully saturated rings. The fourth-order valence-electron chi connectivity index (χ4n) is 7.94. The first-order valence-corrected chi connectivity index (χ1v) is 15.4. The second-order valence-electron chi connectivity index (χ2n) is 12.7. The minimum atomic E-state index is -1.33. The number of hydrogen-bond acceptors (Lipinski definition) is 5. The Morgan fingerprint density at radius 3 is 2.31 bits per heavy atom. The minimum absolute atomic E-state index is 0.0391.